The first kappa shape index (κ1) is 15.5. The Morgan fingerprint density at radius 3 is 2.90 bits per heavy atom. The smallest absolute Gasteiger partial charge is 0.157 e. The molecule has 1 fully saturated rings. The molecule has 0 saturated carbocycles. The molecule has 20 heavy (non-hydrogen) atoms. The number of Topliss-reactive ketones (excluding diaryl/α,β-unsaturated/α-hetero) is 1. The molecule has 0 radical (unpaired) electrons. The molecule has 0 spiro atoms. The number of hydrogen-bond donors (Lipinski definition) is 1. The van der Waals surface area contributed by atoms with Gasteiger partial charge in [-0.1, -0.05) is 29.3 Å². The van der Waals surface area contributed by atoms with Crippen LogP contribution >= 0.6 is 15.9 Å². The highest BCUT2D eigenvalue weighted by Gasteiger charge is 2.39. The third-order valence-corrected chi connectivity index (χ3v) is 4.54. The number of hydrogen-bond acceptors (Lipinski definition) is 3. The Balaban J connectivity index is 2.20. The van der Waals surface area contributed by atoms with E-state index < -0.39 is 0 Å². The summed E-state index contributed by atoms with van der Waals surface area (Å²) in [5.74, 6) is 1.07. The van der Waals surface area contributed by atoms with Crippen LogP contribution in [0.25, 0.3) is 0 Å². The predicted molar refractivity (Wildman–Crippen MR) is 84.3 cm³/mol. The lowest BCUT2D eigenvalue weighted by Gasteiger charge is -2.28. The van der Waals surface area contributed by atoms with Gasteiger partial charge in [0.1, 0.15) is 5.75 Å². The fraction of sp³-hybridized carbons (Fsp3) is 0.562. The number of halogens is 1. The van der Waals surface area contributed by atoms with Crippen molar-refractivity contribution in [3.05, 3.63) is 28.2 Å². The van der Waals surface area contributed by atoms with E-state index in [1.165, 1.54) is 0 Å². The molecule has 110 valence electrons. The van der Waals surface area contributed by atoms with Crippen LogP contribution in [0.1, 0.15) is 38.2 Å². The third-order valence-electron chi connectivity index (χ3n) is 4.05. The summed E-state index contributed by atoms with van der Waals surface area (Å²) in [5.41, 5.74) is 0.637. The van der Waals surface area contributed by atoms with Crippen LogP contribution in [0, 0.1) is 0 Å². The van der Waals surface area contributed by atoms with E-state index in [9.17, 15) is 4.79 Å². The van der Waals surface area contributed by atoms with Gasteiger partial charge in [-0.05, 0) is 44.0 Å². The molecule has 1 heterocycles. The molecule has 1 aromatic rings. The maximum absolute atomic E-state index is 12.8. The summed E-state index contributed by atoms with van der Waals surface area (Å²) < 4.78 is 6.34. The Morgan fingerprint density at radius 1 is 1.50 bits per heavy atom. The summed E-state index contributed by atoms with van der Waals surface area (Å²) >= 11 is 3.46. The Kier molecular flexibility index (Phi) is 5.22. The van der Waals surface area contributed by atoms with Gasteiger partial charge in [0, 0.05) is 16.5 Å². The van der Waals surface area contributed by atoms with Gasteiger partial charge in [0.2, 0.25) is 0 Å². The highest BCUT2D eigenvalue weighted by molar-refractivity contribution is 9.10. The number of rotatable bonds is 6. The van der Waals surface area contributed by atoms with Gasteiger partial charge in [0.15, 0.2) is 5.78 Å². The van der Waals surface area contributed by atoms with E-state index in [-0.39, 0.29) is 11.3 Å². The molecule has 1 saturated heterocycles. The zero-order valence-electron chi connectivity index (χ0n) is 12.2. The summed E-state index contributed by atoms with van der Waals surface area (Å²) in [6.45, 7) is 3.08. The lowest BCUT2D eigenvalue weighted by atomic mass is 9.84. The second kappa shape index (κ2) is 6.72. The number of nitrogens with one attached hydrogen (secondary N) is 1. The number of ether oxygens (including phenoxy) is 1. The molecule has 1 N–H and O–H groups in total. The standard InChI is InChI=1S/C16H22BrNO2/c1-3-7-16(8-4-9-18-16)15(19)11-12-10-13(17)5-6-14(12)20-2/h5-6,10,18H,3-4,7-9,11H2,1-2H3. The molecular formula is C16H22BrNO2. The van der Waals surface area contributed by atoms with E-state index in [4.69, 9.17) is 4.74 Å². The van der Waals surface area contributed by atoms with Gasteiger partial charge in [0.05, 0.1) is 12.6 Å². The van der Waals surface area contributed by atoms with Crippen LogP contribution in [0.3, 0.4) is 0 Å². The summed E-state index contributed by atoms with van der Waals surface area (Å²) in [5, 5.41) is 3.44. The van der Waals surface area contributed by atoms with E-state index >= 15 is 0 Å². The van der Waals surface area contributed by atoms with Crippen LogP contribution < -0.4 is 10.1 Å². The van der Waals surface area contributed by atoms with Gasteiger partial charge < -0.3 is 10.1 Å². The molecule has 1 aliphatic heterocycles. The van der Waals surface area contributed by atoms with Crippen molar-refractivity contribution >= 4 is 21.7 Å². The molecule has 2 rings (SSSR count). The van der Waals surface area contributed by atoms with Crippen molar-refractivity contribution in [2.45, 2.75) is 44.6 Å². The first-order valence-corrected chi connectivity index (χ1v) is 8.01. The van der Waals surface area contributed by atoms with E-state index in [0.29, 0.717) is 6.42 Å². The van der Waals surface area contributed by atoms with Gasteiger partial charge in [-0.15, -0.1) is 0 Å². The lowest BCUT2D eigenvalue weighted by Crippen LogP contribution is -2.48. The normalized spacial score (nSPS) is 21.9. The van der Waals surface area contributed by atoms with Crippen LogP contribution in [-0.2, 0) is 11.2 Å². The van der Waals surface area contributed by atoms with Crippen molar-refractivity contribution in [3.63, 3.8) is 0 Å². The molecule has 1 aliphatic rings. The topological polar surface area (TPSA) is 38.3 Å². The average Bonchev–Trinajstić information content (AvgIpc) is 2.89. The van der Waals surface area contributed by atoms with Crippen molar-refractivity contribution in [2.24, 2.45) is 0 Å². The maximum Gasteiger partial charge on any atom is 0.157 e. The van der Waals surface area contributed by atoms with Crippen LogP contribution in [0.5, 0.6) is 5.75 Å². The zero-order chi connectivity index (χ0) is 14.6. The van der Waals surface area contributed by atoms with E-state index in [2.05, 4.69) is 28.2 Å². The van der Waals surface area contributed by atoms with Crippen LogP contribution in [0.15, 0.2) is 22.7 Å². The predicted octanol–water partition coefficient (Wildman–Crippen LogP) is 3.49. The first-order valence-electron chi connectivity index (χ1n) is 7.22. The van der Waals surface area contributed by atoms with Gasteiger partial charge >= 0.3 is 0 Å². The minimum absolute atomic E-state index is 0.285. The van der Waals surface area contributed by atoms with Gasteiger partial charge in [0.25, 0.3) is 0 Å². The number of benzene rings is 1. The Morgan fingerprint density at radius 2 is 2.30 bits per heavy atom. The average molecular weight is 340 g/mol. The van der Waals surface area contributed by atoms with E-state index in [1.807, 2.05) is 18.2 Å². The Hall–Kier alpha value is -0.870. The molecule has 0 amide bonds. The minimum Gasteiger partial charge on any atom is -0.496 e. The molecule has 4 heteroatoms. The van der Waals surface area contributed by atoms with Crippen molar-refractivity contribution in [2.75, 3.05) is 13.7 Å². The Labute approximate surface area is 129 Å². The van der Waals surface area contributed by atoms with Gasteiger partial charge in [-0.25, -0.2) is 0 Å². The fourth-order valence-corrected chi connectivity index (χ4v) is 3.46. The largest absolute Gasteiger partial charge is 0.496 e. The fourth-order valence-electron chi connectivity index (χ4n) is 3.05. The number of ketones is 1. The molecule has 0 aliphatic carbocycles. The SMILES string of the molecule is CCCC1(C(=O)Cc2cc(Br)ccc2OC)CCCN1. The quantitative estimate of drug-likeness (QED) is 0.862. The monoisotopic (exact) mass is 339 g/mol. The molecule has 1 unspecified atom stereocenters. The van der Waals surface area contributed by atoms with E-state index in [1.54, 1.807) is 7.11 Å². The molecule has 1 atom stereocenters. The number of carbonyl (C=O) groups is 1. The molecule has 1 aromatic carbocycles. The lowest BCUT2D eigenvalue weighted by molar-refractivity contribution is -0.124. The van der Waals surface area contributed by atoms with Gasteiger partial charge in [-0.2, -0.15) is 0 Å². The van der Waals surface area contributed by atoms with Crippen LogP contribution in [0.4, 0.5) is 0 Å². The molecule has 0 aromatic heterocycles. The van der Waals surface area contributed by atoms with Crippen LogP contribution in [-0.4, -0.2) is 25.0 Å². The molecule has 3 nitrogen and oxygen atoms in total. The molecule has 0 bridgehead atoms. The second-order valence-electron chi connectivity index (χ2n) is 5.42. The Bertz CT molecular complexity index is 481. The summed E-state index contributed by atoms with van der Waals surface area (Å²) in [6.07, 6.45) is 4.41. The zero-order valence-corrected chi connectivity index (χ0v) is 13.8. The van der Waals surface area contributed by atoms with E-state index in [0.717, 1.165) is 48.0 Å². The summed E-state index contributed by atoms with van der Waals surface area (Å²) in [7, 11) is 1.65. The highest BCUT2D eigenvalue weighted by atomic mass is 79.9. The number of carbonyl (C=O) groups excluding carboxylic acids is 1. The first-order chi connectivity index (χ1) is 9.61. The van der Waals surface area contributed by atoms with Crippen molar-refractivity contribution < 1.29 is 9.53 Å². The number of methoxy groups -OCH3 is 1. The van der Waals surface area contributed by atoms with Crippen LogP contribution in [0.2, 0.25) is 0 Å². The van der Waals surface area contributed by atoms with Crippen molar-refractivity contribution in [3.8, 4) is 5.75 Å². The maximum atomic E-state index is 12.8. The van der Waals surface area contributed by atoms with Crippen molar-refractivity contribution in [1.82, 2.24) is 5.32 Å². The summed E-state index contributed by atoms with van der Waals surface area (Å²) in [6, 6.07) is 5.81. The van der Waals surface area contributed by atoms with Crippen molar-refractivity contribution in [1.29, 1.82) is 0 Å². The molecular weight excluding hydrogens is 318 g/mol. The van der Waals surface area contributed by atoms with Gasteiger partial charge in [-0.3, -0.25) is 4.79 Å². The highest BCUT2D eigenvalue weighted by Crippen LogP contribution is 2.30. The second-order valence-corrected chi connectivity index (χ2v) is 6.33. The minimum atomic E-state index is -0.317. The third kappa shape index (κ3) is 3.23. The summed E-state index contributed by atoms with van der Waals surface area (Å²) in [4.78, 5) is 12.8.